The first kappa shape index (κ1) is 12.6. The van der Waals surface area contributed by atoms with Gasteiger partial charge in [-0.3, -0.25) is 15.1 Å². The maximum atomic E-state index is 10.8. The molecule has 0 unspecified atom stereocenters. The highest BCUT2D eigenvalue weighted by molar-refractivity contribution is 7.98. The Morgan fingerprint density at radius 3 is 2.67 bits per heavy atom. The molecule has 0 atom stereocenters. The van der Waals surface area contributed by atoms with Crippen LogP contribution in [0.3, 0.4) is 0 Å². The number of nitrogens with zero attached hydrogens (tertiary/aromatic N) is 2. The summed E-state index contributed by atoms with van der Waals surface area (Å²) in [6.45, 7) is 1.74. The summed E-state index contributed by atoms with van der Waals surface area (Å²) in [7, 11) is 0. The van der Waals surface area contributed by atoms with Crippen LogP contribution in [0.15, 0.2) is 47.5 Å². The molecule has 1 aromatic carbocycles. The molecule has 1 aromatic heterocycles. The molecule has 2 rings (SSSR count). The van der Waals surface area contributed by atoms with Crippen molar-refractivity contribution in [1.29, 1.82) is 0 Å². The summed E-state index contributed by atoms with van der Waals surface area (Å²) in [5, 5.41) is 10.8. The lowest BCUT2D eigenvalue weighted by molar-refractivity contribution is -0.385. The van der Waals surface area contributed by atoms with Gasteiger partial charge in [0.1, 0.15) is 0 Å². The van der Waals surface area contributed by atoms with Crippen molar-refractivity contribution in [2.24, 2.45) is 0 Å². The third kappa shape index (κ3) is 2.87. The van der Waals surface area contributed by atoms with Gasteiger partial charge < -0.3 is 0 Å². The molecule has 0 saturated heterocycles. The normalized spacial score (nSPS) is 10.3. The number of thioether (sulfide) groups is 1. The van der Waals surface area contributed by atoms with Crippen LogP contribution in [0.1, 0.15) is 11.3 Å². The van der Waals surface area contributed by atoms with Gasteiger partial charge in [0.25, 0.3) is 5.69 Å². The van der Waals surface area contributed by atoms with E-state index >= 15 is 0 Å². The molecular weight excluding hydrogens is 248 g/mol. The van der Waals surface area contributed by atoms with Crippen molar-refractivity contribution >= 4 is 17.4 Å². The summed E-state index contributed by atoms with van der Waals surface area (Å²) in [6, 6.07) is 11.4. The van der Waals surface area contributed by atoms with Crippen LogP contribution in [0.4, 0.5) is 5.69 Å². The van der Waals surface area contributed by atoms with E-state index in [4.69, 9.17) is 0 Å². The van der Waals surface area contributed by atoms with E-state index < -0.39 is 0 Å². The van der Waals surface area contributed by atoms with E-state index in [1.807, 2.05) is 30.3 Å². The van der Waals surface area contributed by atoms with Gasteiger partial charge >= 0.3 is 0 Å². The van der Waals surface area contributed by atoms with E-state index in [2.05, 4.69) is 4.98 Å². The average molecular weight is 260 g/mol. The van der Waals surface area contributed by atoms with Crippen LogP contribution in [0.2, 0.25) is 0 Å². The number of rotatable bonds is 4. The topological polar surface area (TPSA) is 56.0 Å². The first-order chi connectivity index (χ1) is 8.68. The monoisotopic (exact) mass is 260 g/mol. The van der Waals surface area contributed by atoms with Gasteiger partial charge in [0.2, 0.25) is 0 Å². The molecule has 4 nitrogen and oxygen atoms in total. The first-order valence-electron chi connectivity index (χ1n) is 5.45. The van der Waals surface area contributed by atoms with Gasteiger partial charge in [-0.05, 0) is 19.1 Å². The Kier molecular flexibility index (Phi) is 3.94. The zero-order valence-corrected chi connectivity index (χ0v) is 10.7. The van der Waals surface area contributed by atoms with Gasteiger partial charge in [-0.25, -0.2) is 0 Å². The fourth-order valence-electron chi connectivity index (χ4n) is 1.58. The van der Waals surface area contributed by atoms with Gasteiger partial charge in [-0.2, -0.15) is 0 Å². The molecule has 0 aliphatic rings. The summed E-state index contributed by atoms with van der Waals surface area (Å²) in [5.41, 5.74) is 1.54. The number of hydrogen-bond donors (Lipinski definition) is 0. The van der Waals surface area contributed by atoms with Crippen LogP contribution in [0.25, 0.3) is 0 Å². The molecule has 0 bridgehead atoms. The number of aromatic nitrogens is 1. The molecule has 18 heavy (non-hydrogen) atoms. The molecule has 0 radical (unpaired) electrons. The van der Waals surface area contributed by atoms with Crippen LogP contribution in [-0.2, 0) is 5.75 Å². The van der Waals surface area contributed by atoms with Gasteiger partial charge in [0, 0.05) is 28.5 Å². The van der Waals surface area contributed by atoms with Gasteiger partial charge in [0.15, 0.2) is 0 Å². The van der Waals surface area contributed by atoms with Gasteiger partial charge in [-0.15, -0.1) is 11.8 Å². The van der Waals surface area contributed by atoms with E-state index in [9.17, 15) is 10.1 Å². The molecule has 0 spiro atoms. The third-order valence-electron chi connectivity index (χ3n) is 2.60. The second-order valence-corrected chi connectivity index (χ2v) is 4.81. The van der Waals surface area contributed by atoms with Crippen LogP contribution >= 0.6 is 11.8 Å². The average Bonchev–Trinajstić information content (AvgIpc) is 2.38. The molecule has 2 aromatic rings. The van der Waals surface area contributed by atoms with Crippen molar-refractivity contribution in [1.82, 2.24) is 4.98 Å². The Morgan fingerprint density at radius 2 is 2.00 bits per heavy atom. The Morgan fingerprint density at radius 1 is 1.28 bits per heavy atom. The SMILES string of the molecule is Cc1c([N+](=O)[O-])ccnc1CSc1ccccc1. The lowest BCUT2D eigenvalue weighted by Gasteiger charge is -2.05. The van der Waals surface area contributed by atoms with Crippen molar-refractivity contribution in [3.63, 3.8) is 0 Å². The lowest BCUT2D eigenvalue weighted by Crippen LogP contribution is -1.98. The summed E-state index contributed by atoms with van der Waals surface area (Å²) in [5.74, 6) is 0.636. The Hall–Kier alpha value is -1.88. The molecule has 0 N–H and O–H groups in total. The van der Waals surface area contributed by atoms with E-state index in [1.165, 1.54) is 12.3 Å². The van der Waals surface area contributed by atoms with Crippen molar-refractivity contribution in [3.8, 4) is 0 Å². The summed E-state index contributed by atoms with van der Waals surface area (Å²) in [6.07, 6.45) is 1.49. The minimum absolute atomic E-state index is 0.133. The number of pyridine rings is 1. The summed E-state index contributed by atoms with van der Waals surface area (Å²) >= 11 is 1.62. The van der Waals surface area contributed by atoms with Crippen molar-refractivity contribution in [2.45, 2.75) is 17.6 Å². The lowest BCUT2D eigenvalue weighted by atomic mass is 10.2. The quantitative estimate of drug-likeness (QED) is 0.479. The minimum Gasteiger partial charge on any atom is -0.260 e. The smallest absolute Gasteiger partial charge is 0.260 e. The highest BCUT2D eigenvalue weighted by Gasteiger charge is 2.14. The first-order valence-corrected chi connectivity index (χ1v) is 6.44. The Bertz CT molecular complexity index is 558. The molecule has 0 aliphatic heterocycles. The van der Waals surface area contributed by atoms with E-state index in [0.29, 0.717) is 11.3 Å². The fraction of sp³-hybridized carbons (Fsp3) is 0.154. The van der Waals surface area contributed by atoms with Gasteiger partial charge in [-0.1, -0.05) is 18.2 Å². The molecule has 0 aliphatic carbocycles. The highest BCUT2D eigenvalue weighted by atomic mass is 32.2. The Labute approximate surface area is 109 Å². The second kappa shape index (κ2) is 5.64. The van der Waals surface area contributed by atoms with E-state index in [0.717, 1.165) is 10.6 Å². The second-order valence-electron chi connectivity index (χ2n) is 3.76. The third-order valence-corrected chi connectivity index (χ3v) is 3.62. The van der Waals surface area contributed by atoms with Crippen molar-refractivity contribution in [2.75, 3.05) is 0 Å². The molecule has 1 heterocycles. The molecular formula is C13H12N2O2S. The molecule has 0 amide bonds. The zero-order chi connectivity index (χ0) is 13.0. The van der Waals surface area contributed by atoms with Crippen LogP contribution in [0.5, 0.6) is 0 Å². The van der Waals surface area contributed by atoms with E-state index in [-0.39, 0.29) is 10.6 Å². The van der Waals surface area contributed by atoms with Gasteiger partial charge in [0.05, 0.1) is 10.6 Å². The van der Waals surface area contributed by atoms with Crippen LogP contribution in [-0.4, -0.2) is 9.91 Å². The largest absolute Gasteiger partial charge is 0.275 e. The van der Waals surface area contributed by atoms with Crippen molar-refractivity contribution in [3.05, 3.63) is 64.0 Å². The highest BCUT2D eigenvalue weighted by Crippen LogP contribution is 2.26. The predicted octanol–water partition coefficient (Wildman–Crippen LogP) is 3.59. The zero-order valence-electron chi connectivity index (χ0n) is 9.87. The standard InChI is InChI=1S/C13H12N2O2S/c1-10-12(14-8-7-13(10)15(16)17)9-18-11-5-3-2-4-6-11/h2-8H,9H2,1H3. The van der Waals surface area contributed by atoms with Crippen LogP contribution in [0, 0.1) is 17.0 Å². The van der Waals surface area contributed by atoms with E-state index in [1.54, 1.807) is 18.7 Å². The number of benzene rings is 1. The number of hydrogen-bond acceptors (Lipinski definition) is 4. The maximum absolute atomic E-state index is 10.8. The molecule has 0 fully saturated rings. The Balaban J connectivity index is 2.15. The fourth-order valence-corrected chi connectivity index (χ4v) is 2.52. The summed E-state index contributed by atoms with van der Waals surface area (Å²) in [4.78, 5) is 15.8. The number of nitro groups is 1. The van der Waals surface area contributed by atoms with Crippen molar-refractivity contribution < 1.29 is 4.92 Å². The minimum atomic E-state index is -0.367. The molecule has 5 heteroatoms. The summed E-state index contributed by atoms with van der Waals surface area (Å²) < 4.78 is 0. The van der Waals surface area contributed by atoms with Crippen LogP contribution < -0.4 is 0 Å². The molecule has 92 valence electrons. The molecule has 0 saturated carbocycles. The maximum Gasteiger partial charge on any atom is 0.275 e. The predicted molar refractivity (Wildman–Crippen MR) is 71.6 cm³/mol.